The van der Waals surface area contributed by atoms with Gasteiger partial charge in [0, 0.05) is 18.2 Å². The fourth-order valence-corrected chi connectivity index (χ4v) is 1.86. The first-order valence-electron chi connectivity index (χ1n) is 7.10. The Morgan fingerprint density at radius 3 is 2.39 bits per heavy atom. The highest BCUT2D eigenvalue weighted by Crippen LogP contribution is 2.16. The summed E-state index contributed by atoms with van der Waals surface area (Å²) in [5.74, 6) is -0.573. The molecule has 0 fully saturated rings. The van der Waals surface area contributed by atoms with Crippen molar-refractivity contribution in [1.82, 2.24) is 5.32 Å². The van der Waals surface area contributed by atoms with Crippen LogP contribution in [0.15, 0.2) is 59.9 Å². The standard InChI is InChI=1S/C18H21NO4/c1-5-16(12(2)10-13(3)17(20)19-4)23-11-14-6-8-15(9-7-14)18(21)22/h5-10H,2,11H2,1,3-4H3,(H,19,20)(H,21,22)/b13-10+,16-5+. The zero-order chi connectivity index (χ0) is 17.4. The monoisotopic (exact) mass is 315 g/mol. The predicted molar refractivity (Wildman–Crippen MR) is 88.9 cm³/mol. The third-order valence-corrected chi connectivity index (χ3v) is 3.15. The molecular formula is C18H21NO4. The van der Waals surface area contributed by atoms with Crippen LogP contribution < -0.4 is 5.32 Å². The summed E-state index contributed by atoms with van der Waals surface area (Å²) < 4.78 is 5.69. The van der Waals surface area contributed by atoms with E-state index in [4.69, 9.17) is 9.84 Å². The highest BCUT2D eigenvalue weighted by atomic mass is 16.5. The van der Waals surface area contributed by atoms with Crippen LogP contribution in [0.3, 0.4) is 0 Å². The average molecular weight is 315 g/mol. The van der Waals surface area contributed by atoms with Gasteiger partial charge in [-0.3, -0.25) is 4.79 Å². The fraction of sp³-hybridized carbons (Fsp3) is 0.222. The number of ether oxygens (including phenoxy) is 1. The average Bonchev–Trinajstić information content (AvgIpc) is 2.54. The number of carbonyl (C=O) groups is 2. The Balaban J connectivity index is 2.72. The summed E-state index contributed by atoms with van der Waals surface area (Å²) in [7, 11) is 1.57. The van der Waals surface area contributed by atoms with E-state index in [-0.39, 0.29) is 18.1 Å². The van der Waals surface area contributed by atoms with Crippen molar-refractivity contribution in [2.45, 2.75) is 20.5 Å². The molecule has 23 heavy (non-hydrogen) atoms. The van der Waals surface area contributed by atoms with Gasteiger partial charge in [0.2, 0.25) is 5.91 Å². The second kappa shape index (κ2) is 8.58. The normalized spacial score (nSPS) is 11.8. The van der Waals surface area contributed by atoms with Crippen molar-refractivity contribution < 1.29 is 19.4 Å². The molecule has 0 aromatic heterocycles. The van der Waals surface area contributed by atoms with E-state index in [9.17, 15) is 9.59 Å². The third kappa shape index (κ3) is 5.47. The molecule has 5 nitrogen and oxygen atoms in total. The SMILES string of the molecule is C=C(/C=C(\C)C(=O)NC)/C(=C\C)OCc1ccc(C(=O)O)cc1. The quantitative estimate of drug-likeness (QED) is 0.461. The molecule has 2 N–H and O–H groups in total. The van der Waals surface area contributed by atoms with Gasteiger partial charge in [-0.1, -0.05) is 18.7 Å². The maximum atomic E-state index is 11.5. The van der Waals surface area contributed by atoms with Crippen LogP contribution in [0, 0.1) is 0 Å². The summed E-state index contributed by atoms with van der Waals surface area (Å²) in [6, 6.07) is 6.46. The van der Waals surface area contributed by atoms with Gasteiger partial charge in [-0.25, -0.2) is 4.79 Å². The van der Waals surface area contributed by atoms with Crippen LogP contribution in [0.25, 0.3) is 0 Å². The summed E-state index contributed by atoms with van der Waals surface area (Å²) in [5.41, 5.74) is 2.20. The van der Waals surface area contributed by atoms with Crippen molar-refractivity contribution in [3.63, 3.8) is 0 Å². The summed E-state index contributed by atoms with van der Waals surface area (Å²) in [6.45, 7) is 7.70. The maximum absolute atomic E-state index is 11.5. The number of hydrogen-bond donors (Lipinski definition) is 2. The molecule has 0 heterocycles. The number of aromatic carboxylic acids is 1. The number of carboxylic acids is 1. The van der Waals surface area contributed by atoms with Crippen LogP contribution >= 0.6 is 0 Å². The van der Waals surface area contributed by atoms with Crippen LogP contribution in [0.5, 0.6) is 0 Å². The molecule has 0 bridgehead atoms. The van der Waals surface area contributed by atoms with E-state index < -0.39 is 5.97 Å². The van der Waals surface area contributed by atoms with E-state index in [2.05, 4.69) is 11.9 Å². The number of rotatable bonds is 7. The van der Waals surface area contributed by atoms with Crippen LogP contribution in [0.1, 0.15) is 29.8 Å². The molecule has 1 aromatic rings. The molecule has 0 radical (unpaired) electrons. The first-order chi connectivity index (χ1) is 10.9. The Morgan fingerprint density at radius 2 is 1.91 bits per heavy atom. The van der Waals surface area contributed by atoms with Gasteiger partial charge in [0.05, 0.1) is 5.56 Å². The number of hydrogen-bond acceptors (Lipinski definition) is 3. The summed E-state index contributed by atoms with van der Waals surface area (Å²) >= 11 is 0. The first kappa shape index (κ1) is 18.2. The van der Waals surface area contributed by atoms with E-state index in [0.717, 1.165) is 5.56 Å². The lowest BCUT2D eigenvalue weighted by Crippen LogP contribution is -2.18. The lowest BCUT2D eigenvalue weighted by atomic mass is 10.1. The molecule has 122 valence electrons. The second-order valence-electron chi connectivity index (χ2n) is 4.88. The van der Waals surface area contributed by atoms with Gasteiger partial charge in [0.15, 0.2) is 0 Å². The minimum Gasteiger partial charge on any atom is -0.489 e. The summed E-state index contributed by atoms with van der Waals surface area (Å²) in [4.78, 5) is 22.3. The fourth-order valence-electron chi connectivity index (χ4n) is 1.86. The highest BCUT2D eigenvalue weighted by molar-refractivity contribution is 5.93. The molecule has 0 saturated heterocycles. The van der Waals surface area contributed by atoms with E-state index in [1.807, 2.05) is 6.92 Å². The number of benzene rings is 1. The molecule has 0 unspecified atom stereocenters. The van der Waals surface area contributed by atoms with Gasteiger partial charge in [0.25, 0.3) is 0 Å². The van der Waals surface area contributed by atoms with Crippen molar-refractivity contribution in [2.24, 2.45) is 0 Å². The van der Waals surface area contributed by atoms with Crippen molar-refractivity contribution in [3.8, 4) is 0 Å². The lowest BCUT2D eigenvalue weighted by molar-refractivity contribution is -0.117. The van der Waals surface area contributed by atoms with Crippen molar-refractivity contribution in [3.05, 3.63) is 71.0 Å². The van der Waals surface area contributed by atoms with Crippen molar-refractivity contribution >= 4 is 11.9 Å². The van der Waals surface area contributed by atoms with Crippen LogP contribution in [-0.2, 0) is 16.1 Å². The largest absolute Gasteiger partial charge is 0.489 e. The lowest BCUT2D eigenvalue weighted by Gasteiger charge is -2.11. The molecule has 0 atom stereocenters. The first-order valence-corrected chi connectivity index (χ1v) is 7.10. The molecule has 0 aliphatic rings. The molecule has 1 amide bonds. The molecule has 1 rings (SSSR count). The molecule has 0 saturated carbocycles. The van der Waals surface area contributed by atoms with Gasteiger partial charge in [-0.2, -0.15) is 0 Å². The Kier molecular flexibility index (Phi) is 6.80. The Hall–Kier alpha value is -2.82. The number of carbonyl (C=O) groups excluding carboxylic acids is 1. The smallest absolute Gasteiger partial charge is 0.335 e. The second-order valence-corrected chi connectivity index (χ2v) is 4.88. The molecule has 0 spiro atoms. The van der Waals surface area contributed by atoms with E-state index in [0.29, 0.717) is 16.9 Å². The van der Waals surface area contributed by atoms with E-state index in [1.165, 1.54) is 12.1 Å². The van der Waals surface area contributed by atoms with Gasteiger partial charge < -0.3 is 15.2 Å². The predicted octanol–water partition coefficient (Wildman–Crippen LogP) is 3.05. The van der Waals surface area contributed by atoms with Crippen LogP contribution in [0.4, 0.5) is 0 Å². The van der Waals surface area contributed by atoms with Gasteiger partial charge in [-0.15, -0.1) is 0 Å². The van der Waals surface area contributed by atoms with Gasteiger partial charge >= 0.3 is 5.97 Å². The van der Waals surface area contributed by atoms with Gasteiger partial charge in [-0.05, 0) is 43.7 Å². The van der Waals surface area contributed by atoms with Crippen molar-refractivity contribution in [2.75, 3.05) is 7.05 Å². The highest BCUT2D eigenvalue weighted by Gasteiger charge is 2.07. The number of carboxylic acid groups (broad SMARTS) is 1. The Morgan fingerprint density at radius 1 is 1.30 bits per heavy atom. The maximum Gasteiger partial charge on any atom is 0.335 e. The topological polar surface area (TPSA) is 75.6 Å². The van der Waals surface area contributed by atoms with E-state index in [1.54, 1.807) is 38.3 Å². The van der Waals surface area contributed by atoms with E-state index >= 15 is 0 Å². The third-order valence-electron chi connectivity index (χ3n) is 3.15. The van der Waals surface area contributed by atoms with Crippen LogP contribution in [-0.4, -0.2) is 24.0 Å². The number of amides is 1. The molecule has 0 aliphatic heterocycles. The molecule has 5 heteroatoms. The zero-order valence-corrected chi connectivity index (χ0v) is 13.6. The minimum atomic E-state index is -0.963. The molecule has 1 aromatic carbocycles. The number of nitrogens with one attached hydrogen (secondary N) is 1. The Labute approximate surface area is 136 Å². The number of likely N-dealkylation sites (N-methyl/N-ethyl adjacent to an activating group) is 1. The van der Waals surface area contributed by atoms with Crippen molar-refractivity contribution in [1.29, 1.82) is 0 Å². The minimum absolute atomic E-state index is 0.175. The molecule has 0 aliphatic carbocycles. The summed E-state index contributed by atoms with van der Waals surface area (Å²) in [5, 5.41) is 11.4. The Bertz CT molecular complexity index is 654. The van der Waals surface area contributed by atoms with Gasteiger partial charge in [0.1, 0.15) is 12.4 Å². The molecular weight excluding hydrogens is 294 g/mol. The summed E-state index contributed by atoms with van der Waals surface area (Å²) in [6.07, 6.45) is 3.42. The number of allylic oxidation sites excluding steroid dienone is 2. The zero-order valence-electron chi connectivity index (χ0n) is 13.6. The van der Waals surface area contributed by atoms with Crippen LogP contribution in [0.2, 0.25) is 0 Å².